The highest BCUT2D eigenvalue weighted by atomic mass is 32.2. The largest absolute Gasteiger partial charge is 0.357 e. The Bertz CT molecular complexity index is 519. The predicted octanol–water partition coefficient (Wildman–Crippen LogP) is -0.129. The monoisotopic (exact) mass is 256 g/mol. The van der Waals surface area contributed by atoms with Gasteiger partial charge in [-0.25, -0.2) is 8.42 Å². The summed E-state index contributed by atoms with van der Waals surface area (Å²) in [6.45, 7) is 0. The zero-order valence-electron chi connectivity index (χ0n) is 9.72. The number of carbonyl (C=O) groups excluding carboxylic acids is 1. The quantitative estimate of drug-likeness (QED) is 0.819. The van der Waals surface area contributed by atoms with Crippen LogP contribution in [-0.4, -0.2) is 36.4 Å². The molecule has 1 fully saturated rings. The van der Waals surface area contributed by atoms with Crippen molar-refractivity contribution in [1.82, 2.24) is 9.88 Å². The lowest BCUT2D eigenvalue weighted by Crippen LogP contribution is -2.36. The number of hydrogen-bond donors (Lipinski definition) is 1. The fourth-order valence-corrected chi connectivity index (χ4v) is 3.71. The summed E-state index contributed by atoms with van der Waals surface area (Å²) >= 11 is 0. The highest BCUT2D eigenvalue weighted by Gasteiger charge is 2.28. The van der Waals surface area contributed by atoms with E-state index in [-0.39, 0.29) is 23.5 Å². The van der Waals surface area contributed by atoms with E-state index >= 15 is 0 Å². The van der Waals surface area contributed by atoms with Crippen LogP contribution >= 0.6 is 0 Å². The van der Waals surface area contributed by atoms with Crippen molar-refractivity contribution in [1.29, 1.82) is 0 Å². The van der Waals surface area contributed by atoms with Crippen molar-refractivity contribution in [3.05, 3.63) is 24.0 Å². The van der Waals surface area contributed by atoms with Crippen molar-refractivity contribution in [2.24, 2.45) is 7.05 Å². The van der Waals surface area contributed by atoms with E-state index < -0.39 is 9.84 Å². The molecule has 2 rings (SSSR count). The molecule has 0 aromatic carbocycles. The van der Waals surface area contributed by atoms with Crippen LogP contribution in [0, 0.1) is 0 Å². The first-order valence-corrected chi connectivity index (χ1v) is 7.37. The van der Waals surface area contributed by atoms with E-state index in [1.54, 1.807) is 0 Å². The lowest BCUT2D eigenvalue weighted by molar-refractivity contribution is -0.120. The molecule has 0 radical (unpaired) electrons. The van der Waals surface area contributed by atoms with Gasteiger partial charge in [0.05, 0.1) is 17.9 Å². The third-order valence-corrected chi connectivity index (χ3v) is 4.62. The average Bonchev–Trinajstić information content (AvgIpc) is 2.73. The van der Waals surface area contributed by atoms with Gasteiger partial charge in [0.25, 0.3) is 0 Å². The minimum atomic E-state index is -2.93. The van der Waals surface area contributed by atoms with Gasteiger partial charge < -0.3 is 9.88 Å². The van der Waals surface area contributed by atoms with E-state index in [0.29, 0.717) is 12.8 Å². The molecule has 0 bridgehead atoms. The average molecular weight is 256 g/mol. The minimum Gasteiger partial charge on any atom is -0.357 e. The Morgan fingerprint density at radius 3 is 2.88 bits per heavy atom. The first-order chi connectivity index (χ1) is 7.94. The summed E-state index contributed by atoms with van der Waals surface area (Å²) in [6, 6.07) is 1.67. The first kappa shape index (κ1) is 12.2. The molecule has 17 heavy (non-hydrogen) atoms. The van der Waals surface area contributed by atoms with Crippen LogP contribution in [0.15, 0.2) is 18.5 Å². The summed E-state index contributed by atoms with van der Waals surface area (Å²) in [7, 11) is -1.03. The van der Waals surface area contributed by atoms with Gasteiger partial charge in [0, 0.05) is 25.5 Å². The molecule has 5 nitrogen and oxygen atoms in total. The number of nitrogens with zero attached hydrogens (tertiary/aromatic N) is 1. The van der Waals surface area contributed by atoms with E-state index in [2.05, 4.69) is 5.32 Å². The number of nitrogens with one attached hydrogen (secondary N) is 1. The molecular weight excluding hydrogens is 240 g/mol. The maximum atomic E-state index is 11.7. The Kier molecular flexibility index (Phi) is 3.24. The Hall–Kier alpha value is -1.30. The predicted molar refractivity (Wildman–Crippen MR) is 64.3 cm³/mol. The Morgan fingerprint density at radius 1 is 1.59 bits per heavy atom. The van der Waals surface area contributed by atoms with Gasteiger partial charge in [0.1, 0.15) is 0 Å². The molecule has 1 N–H and O–H groups in total. The molecule has 2 heterocycles. The van der Waals surface area contributed by atoms with Crippen molar-refractivity contribution in [2.45, 2.75) is 18.9 Å². The van der Waals surface area contributed by atoms with Gasteiger partial charge in [-0.3, -0.25) is 4.79 Å². The highest BCUT2D eigenvalue weighted by Crippen LogP contribution is 2.11. The summed E-state index contributed by atoms with van der Waals surface area (Å²) in [5.41, 5.74) is 0.936. The van der Waals surface area contributed by atoms with Crippen LogP contribution in [0.2, 0.25) is 0 Å². The van der Waals surface area contributed by atoms with Gasteiger partial charge in [-0.2, -0.15) is 0 Å². The summed E-state index contributed by atoms with van der Waals surface area (Å²) < 4.78 is 24.3. The summed E-state index contributed by atoms with van der Waals surface area (Å²) in [5, 5.41) is 2.76. The Labute approximate surface area is 101 Å². The first-order valence-electron chi connectivity index (χ1n) is 5.55. The number of hydrogen-bond acceptors (Lipinski definition) is 3. The van der Waals surface area contributed by atoms with Crippen molar-refractivity contribution < 1.29 is 13.2 Å². The fraction of sp³-hybridized carbons (Fsp3) is 0.545. The van der Waals surface area contributed by atoms with Crippen LogP contribution < -0.4 is 5.32 Å². The molecule has 1 unspecified atom stereocenters. The van der Waals surface area contributed by atoms with Gasteiger partial charge in [-0.15, -0.1) is 0 Å². The van der Waals surface area contributed by atoms with E-state index in [4.69, 9.17) is 0 Å². The molecule has 1 atom stereocenters. The fourth-order valence-electron chi connectivity index (χ4n) is 2.04. The molecule has 0 saturated carbocycles. The maximum absolute atomic E-state index is 11.7. The highest BCUT2D eigenvalue weighted by molar-refractivity contribution is 7.91. The van der Waals surface area contributed by atoms with Crippen LogP contribution in [-0.2, 0) is 28.1 Å². The van der Waals surface area contributed by atoms with E-state index in [0.717, 1.165) is 5.56 Å². The van der Waals surface area contributed by atoms with E-state index in [1.807, 2.05) is 30.1 Å². The van der Waals surface area contributed by atoms with Gasteiger partial charge in [-0.1, -0.05) is 0 Å². The number of rotatable bonds is 3. The summed E-state index contributed by atoms with van der Waals surface area (Å²) in [6.07, 6.45) is 4.59. The molecule has 1 aliphatic heterocycles. The van der Waals surface area contributed by atoms with Gasteiger partial charge in [-0.05, 0) is 18.1 Å². The number of aromatic nitrogens is 1. The Balaban J connectivity index is 1.86. The molecule has 0 aliphatic carbocycles. The molecule has 0 spiro atoms. The summed E-state index contributed by atoms with van der Waals surface area (Å²) in [5.74, 6) is 0.148. The number of amides is 1. The third-order valence-electron chi connectivity index (χ3n) is 2.86. The molecule has 1 saturated heterocycles. The van der Waals surface area contributed by atoms with E-state index in [9.17, 15) is 13.2 Å². The lowest BCUT2D eigenvalue weighted by atomic mass is 10.2. The number of aryl methyl sites for hydroxylation is 1. The van der Waals surface area contributed by atoms with Gasteiger partial charge in [0.15, 0.2) is 9.84 Å². The lowest BCUT2D eigenvalue weighted by Gasteiger charge is -2.09. The summed E-state index contributed by atoms with van der Waals surface area (Å²) in [4.78, 5) is 11.7. The molecule has 94 valence electrons. The van der Waals surface area contributed by atoms with E-state index in [1.165, 1.54) is 0 Å². The van der Waals surface area contributed by atoms with Crippen LogP contribution in [0.25, 0.3) is 0 Å². The van der Waals surface area contributed by atoms with Crippen molar-refractivity contribution in [3.8, 4) is 0 Å². The molecular formula is C11H16N2O3S. The zero-order valence-corrected chi connectivity index (χ0v) is 10.5. The molecule has 1 aliphatic rings. The van der Waals surface area contributed by atoms with Crippen LogP contribution in [0.5, 0.6) is 0 Å². The van der Waals surface area contributed by atoms with Crippen molar-refractivity contribution in [2.75, 3.05) is 11.5 Å². The Morgan fingerprint density at radius 2 is 2.35 bits per heavy atom. The van der Waals surface area contributed by atoms with Crippen LogP contribution in [0.4, 0.5) is 0 Å². The maximum Gasteiger partial charge on any atom is 0.224 e. The second-order valence-electron chi connectivity index (χ2n) is 4.53. The zero-order chi connectivity index (χ0) is 12.5. The van der Waals surface area contributed by atoms with Crippen LogP contribution in [0.1, 0.15) is 12.0 Å². The topological polar surface area (TPSA) is 68.2 Å². The third kappa shape index (κ3) is 3.33. The molecule has 1 amide bonds. The van der Waals surface area contributed by atoms with Gasteiger partial charge >= 0.3 is 0 Å². The number of sulfone groups is 1. The normalized spacial score (nSPS) is 22.5. The second-order valence-corrected chi connectivity index (χ2v) is 6.76. The van der Waals surface area contributed by atoms with Crippen molar-refractivity contribution in [3.63, 3.8) is 0 Å². The second kappa shape index (κ2) is 4.52. The molecule has 6 heteroatoms. The standard InChI is InChI=1S/C11H16N2O3S/c1-13-4-2-9(7-13)6-11(14)12-10-3-5-17(15,16)8-10/h2,4,7,10H,3,5-6,8H2,1H3,(H,12,14). The SMILES string of the molecule is Cn1ccc(CC(=O)NC2CCS(=O)(=O)C2)c1. The smallest absolute Gasteiger partial charge is 0.224 e. The van der Waals surface area contributed by atoms with Gasteiger partial charge in [0.2, 0.25) is 5.91 Å². The van der Waals surface area contributed by atoms with Crippen LogP contribution in [0.3, 0.4) is 0 Å². The van der Waals surface area contributed by atoms with Crippen molar-refractivity contribution >= 4 is 15.7 Å². The molecule has 1 aromatic heterocycles. The molecule has 1 aromatic rings. The minimum absolute atomic E-state index is 0.0769. The number of carbonyl (C=O) groups is 1.